The molecule has 11 heteroatoms. The highest BCUT2D eigenvalue weighted by Crippen LogP contribution is 2.31. The van der Waals surface area contributed by atoms with E-state index in [1.165, 1.54) is 37.4 Å². The van der Waals surface area contributed by atoms with Crippen LogP contribution in [-0.2, 0) is 14.8 Å². The molecule has 0 radical (unpaired) electrons. The van der Waals surface area contributed by atoms with E-state index in [1.54, 1.807) is 6.08 Å². The van der Waals surface area contributed by atoms with Crippen molar-refractivity contribution in [3.05, 3.63) is 47.4 Å². The Morgan fingerprint density at radius 3 is 2.48 bits per heavy atom. The van der Waals surface area contributed by atoms with Gasteiger partial charge in [-0.1, -0.05) is 26.0 Å². The monoisotopic (exact) mass is 484 g/mol. The standard InChI is InChI=1S/C22H28FN3O6S/c1-13(2)20-18(10-9-16(27)11-17(28)12-19(29)30)21(14-5-7-15(23)8-6-14)25-22(24-20)26(3)33(4,31)32/h5-10,13,16-17,27-28H,11-12H2,1-4H3,(H,29,30)/b10-9+/t16-,17-/m1/s1/i27D,28D/hD. The average Bonchev–Trinajstić information content (AvgIpc) is 2.84. The molecule has 0 bridgehead atoms. The Morgan fingerprint density at radius 1 is 1.24 bits per heavy atom. The number of carboxylic acids is 1. The minimum atomic E-state index is -3.67. The van der Waals surface area contributed by atoms with E-state index in [2.05, 4.69) is 20.2 Å². The Morgan fingerprint density at radius 2 is 1.94 bits per heavy atom. The van der Waals surface area contributed by atoms with Crippen molar-refractivity contribution in [3.8, 4) is 11.3 Å². The first-order chi connectivity index (χ1) is 16.9. The molecule has 9 nitrogen and oxygen atoms in total. The number of nitrogens with zero attached hydrogens (tertiary/aromatic N) is 3. The summed E-state index contributed by atoms with van der Waals surface area (Å²) in [5, 5.41) is 13.1. The van der Waals surface area contributed by atoms with Crippen LogP contribution in [0.2, 0.25) is 0 Å². The minimum Gasteiger partial charge on any atom is -0.481 e. The molecule has 2 aromatic rings. The van der Waals surface area contributed by atoms with Crippen molar-refractivity contribution in [1.82, 2.24) is 9.97 Å². The number of aromatic nitrogens is 2. The molecule has 0 unspecified atom stereocenters. The van der Waals surface area contributed by atoms with Gasteiger partial charge < -0.3 is 15.3 Å². The maximum absolute atomic E-state index is 13.6. The normalized spacial score (nSPS) is 15.0. The third kappa shape index (κ3) is 7.31. The highest BCUT2D eigenvalue weighted by Gasteiger charge is 2.22. The van der Waals surface area contributed by atoms with Crippen molar-refractivity contribution in [2.24, 2.45) is 0 Å². The zero-order valence-electron chi connectivity index (χ0n) is 21.7. The second kappa shape index (κ2) is 10.8. The molecule has 0 fully saturated rings. The summed E-state index contributed by atoms with van der Waals surface area (Å²) in [6, 6.07) is 5.49. The summed E-state index contributed by atoms with van der Waals surface area (Å²) < 4.78 is 60.0. The second-order valence-electron chi connectivity index (χ2n) is 7.89. The number of hydrogen-bond donors (Lipinski definition) is 3. The van der Waals surface area contributed by atoms with Gasteiger partial charge in [-0.3, -0.25) is 4.79 Å². The SMILES string of the molecule is [2H]OC(=O)C[C@@H](C[C@@H](/C=C/c1c(-c2ccc(F)cc2)nc(N(C)S(C)(=O)=O)nc1C(C)C)O[2H])O[2H]. The number of benzene rings is 1. The van der Waals surface area contributed by atoms with Crippen LogP contribution in [0.5, 0.6) is 0 Å². The summed E-state index contributed by atoms with van der Waals surface area (Å²) in [6.45, 7) is 3.71. The summed E-state index contributed by atoms with van der Waals surface area (Å²) in [7, 11) is -2.35. The lowest BCUT2D eigenvalue weighted by atomic mass is 9.97. The number of hydrogen-bond acceptors (Lipinski definition) is 8. The Balaban J connectivity index is 2.61. The van der Waals surface area contributed by atoms with E-state index in [4.69, 9.17) is 9.40 Å². The molecular weight excluding hydrogens is 453 g/mol. The molecule has 0 amide bonds. The van der Waals surface area contributed by atoms with Crippen molar-refractivity contribution < 1.29 is 32.9 Å². The fraction of sp³-hybridized carbons (Fsp3) is 0.409. The van der Waals surface area contributed by atoms with E-state index in [9.17, 15) is 17.6 Å². The largest absolute Gasteiger partial charge is 0.481 e. The summed E-state index contributed by atoms with van der Waals surface area (Å²) in [5.41, 5.74) is 1.79. The summed E-state index contributed by atoms with van der Waals surface area (Å²) in [6.07, 6.45) is 1.72. The average molecular weight is 485 g/mol. The van der Waals surface area contributed by atoms with Gasteiger partial charge >= 0.3 is 5.97 Å². The maximum atomic E-state index is 13.6. The molecule has 1 aromatic carbocycles. The zero-order valence-corrected chi connectivity index (χ0v) is 19.5. The van der Waals surface area contributed by atoms with Gasteiger partial charge in [-0.05, 0) is 30.2 Å². The van der Waals surface area contributed by atoms with Crippen LogP contribution in [-0.4, -0.2) is 68.1 Å². The molecule has 0 aliphatic heterocycles. The van der Waals surface area contributed by atoms with Crippen LogP contribution in [0.3, 0.4) is 0 Å². The van der Waals surface area contributed by atoms with Crippen LogP contribution in [0.25, 0.3) is 18.8 Å². The van der Waals surface area contributed by atoms with Crippen LogP contribution < -0.4 is 4.31 Å². The third-order valence-electron chi connectivity index (χ3n) is 4.77. The maximum Gasteiger partial charge on any atom is 0.305 e. The number of aliphatic hydroxyl groups is 2. The topological polar surface area (TPSA) is 141 Å². The van der Waals surface area contributed by atoms with Crippen molar-refractivity contribution >= 4 is 28.0 Å². The number of sulfonamides is 1. The van der Waals surface area contributed by atoms with Gasteiger partial charge in [0.1, 0.15) is 5.82 Å². The Kier molecular flexibility index (Phi) is 7.19. The molecule has 0 saturated carbocycles. The van der Waals surface area contributed by atoms with Crippen LogP contribution in [0.1, 0.15) is 43.9 Å². The molecule has 2 rings (SSSR count). The molecule has 0 spiro atoms. The van der Waals surface area contributed by atoms with Crippen LogP contribution in [0.4, 0.5) is 10.3 Å². The highest BCUT2D eigenvalue weighted by atomic mass is 32.2. The predicted molar refractivity (Wildman–Crippen MR) is 123 cm³/mol. The number of halogens is 1. The van der Waals surface area contributed by atoms with Crippen molar-refractivity contribution in [3.63, 3.8) is 0 Å². The van der Waals surface area contributed by atoms with Crippen molar-refractivity contribution in [2.45, 2.75) is 44.8 Å². The van der Waals surface area contributed by atoms with Gasteiger partial charge in [-0.15, -0.1) is 0 Å². The Bertz CT molecular complexity index is 1180. The molecular formula is C22H28FN3O6S. The molecule has 0 aliphatic carbocycles. The molecule has 0 aliphatic rings. The fourth-order valence-electron chi connectivity index (χ4n) is 3.01. The molecule has 33 heavy (non-hydrogen) atoms. The van der Waals surface area contributed by atoms with Gasteiger partial charge in [-0.2, -0.15) is 0 Å². The van der Waals surface area contributed by atoms with Gasteiger partial charge in [-0.25, -0.2) is 27.1 Å². The smallest absolute Gasteiger partial charge is 0.305 e. The quantitative estimate of drug-likeness (QED) is 0.417. The first-order valence-corrected chi connectivity index (χ1v) is 12.0. The molecule has 180 valence electrons. The number of rotatable bonds is 12. The van der Waals surface area contributed by atoms with Gasteiger partial charge in [0.05, 0.1) is 36.3 Å². The fourth-order valence-corrected chi connectivity index (χ4v) is 3.38. The number of aliphatic carboxylic acids is 1. The summed E-state index contributed by atoms with van der Waals surface area (Å²) in [4.78, 5) is 20.3. The Hall–Kier alpha value is -2.89. The summed E-state index contributed by atoms with van der Waals surface area (Å²) in [5.74, 6) is -1.62. The highest BCUT2D eigenvalue weighted by molar-refractivity contribution is 7.92. The molecule has 0 saturated heterocycles. The number of carbonyl (C=O) groups is 1. The van der Waals surface area contributed by atoms with Crippen molar-refractivity contribution in [2.75, 3.05) is 17.6 Å². The van der Waals surface area contributed by atoms with E-state index >= 15 is 0 Å². The number of carboxylic acid groups (broad SMARTS) is 1. The van der Waals surface area contributed by atoms with Crippen molar-refractivity contribution in [1.29, 1.82) is 4.29 Å². The lowest BCUT2D eigenvalue weighted by Crippen LogP contribution is -2.27. The van der Waals surface area contributed by atoms with E-state index in [-0.39, 0.29) is 24.7 Å². The van der Waals surface area contributed by atoms with Gasteiger partial charge in [0.15, 0.2) is 0 Å². The summed E-state index contributed by atoms with van der Waals surface area (Å²) >= 11 is 0. The first-order valence-electron chi connectivity index (χ1n) is 11.3. The zero-order chi connectivity index (χ0) is 27.0. The van der Waals surface area contributed by atoms with Gasteiger partial charge in [0.2, 0.25) is 18.8 Å². The second-order valence-corrected chi connectivity index (χ2v) is 9.91. The molecule has 1 heterocycles. The van der Waals surface area contributed by atoms with Crippen LogP contribution in [0, 0.1) is 5.82 Å². The minimum absolute atomic E-state index is 0.0671. The van der Waals surface area contributed by atoms with E-state index in [0.29, 0.717) is 22.5 Å². The van der Waals surface area contributed by atoms with Gasteiger partial charge in [0.25, 0.3) is 1.43 Å². The van der Waals surface area contributed by atoms with Gasteiger partial charge in [0, 0.05) is 24.6 Å². The molecule has 2 atom stereocenters. The van der Waals surface area contributed by atoms with E-state index < -0.39 is 34.0 Å². The number of anilines is 1. The first kappa shape index (κ1) is 21.9. The van der Waals surface area contributed by atoms with E-state index in [0.717, 1.165) is 10.6 Å². The predicted octanol–water partition coefficient (Wildman–Crippen LogP) is 2.40. The Labute approximate surface area is 196 Å². The lowest BCUT2D eigenvalue weighted by Gasteiger charge is -2.20. The van der Waals surface area contributed by atoms with Crippen LogP contribution >= 0.6 is 0 Å². The molecule has 3 N–H and O–H groups in total. The lowest BCUT2D eigenvalue weighted by molar-refractivity contribution is -0.139. The molecule has 1 aromatic heterocycles. The number of aliphatic hydroxyl groups excluding tert-OH is 2. The third-order valence-corrected chi connectivity index (χ3v) is 5.93. The van der Waals surface area contributed by atoms with E-state index in [1.807, 2.05) is 13.8 Å². The van der Waals surface area contributed by atoms with Crippen LogP contribution in [0.15, 0.2) is 30.3 Å².